The Morgan fingerprint density at radius 1 is 1.35 bits per heavy atom. The molecule has 0 spiro atoms. The molecule has 2 heterocycles. The minimum atomic E-state index is 0. The van der Waals surface area contributed by atoms with E-state index in [0.29, 0.717) is 13.1 Å². The van der Waals surface area contributed by atoms with Crippen LogP contribution in [0.1, 0.15) is 34.4 Å². The average Bonchev–Trinajstić information content (AvgIpc) is 3.03. The molecule has 0 amide bonds. The van der Waals surface area contributed by atoms with Crippen LogP contribution in [0.15, 0.2) is 29.4 Å². The maximum atomic E-state index is 4.73. The molecule has 0 saturated heterocycles. The highest BCUT2D eigenvalue weighted by atomic mass is 127. The molecule has 0 radical (unpaired) electrons. The third-order valence-electron chi connectivity index (χ3n) is 4.33. The van der Waals surface area contributed by atoms with E-state index >= 15 is 0 Å². The Hall–Kier alpha value is -1.35. The van der Waals surface area contributed by atoms with Crippen LogP contribution in [-0.2, 0) is 19.5 Å². The van der Waals surface area contributed by atoms with Gasteiger partial charge in [-0.1, -0.05) is 12.1 Å². The Kier molecular flexibility index (Phi) is 8.15. The van der Waals surface area contributed by atoms with Crippen molar-refractivity contribution in [3.8, 4) is 0 Å². The Morgan fingerprint density at radius 3 is 2.92 bits per heavy atom. The molecule has 0 fully saturated rings. The van der Waals surface area contributed by atoms with Crippen LogP contribution in [0, 0.1) is 6.92 Å². The van der Waals surface area contributed by atoms with E-state index in [1.165, 1.54) is 34.5 Å². The summed E-state index contributed by atoms with van der Waals surface area (Å²) in [5.74, 6) is 0.838. The molecule has 7 heteroatoms. The van der Waals surface area contributed by atoms with Crippen molar-refractivity contribution >= 4 is 47.0 Å². The number of rotatable bonds is 5. The zero-order valence-electron chi connectivity index (χ0n) is 15.7. The van der Waals surface area contributed by atoms with Crippen molar-refractivity contribution in [2.75, 3.05) is 25.0 Å². The van der Waals surface area contributed by atoms with E-state index in [2.05, 4.69) is 59.6 Å². The molecule has 2 aromatic rings. The quantitative estimate of drug-likeness (QED) is 0.385. The van der Waals surface area contributed by atoms with Crippen LogP contribution in [0.2, 0.25) is 0 Å². The van der Waals surface area contributed by atoms with Gasteiger partial charge in [0.05, 0.1) is 13.1 Å². The van der Waals surface area contributed by atoms with Crippen molar-refractivity contribution < 1.29 is 0 Å². The molecule has 1 aromatic carbocycles. The summed E-state index contributed by atoms with van der Waals surface area (Å²) in [7, 11) is 2.17. The van der Waals surface area contributed by atoms with Gasteiger partial charge in [0.15, 0.2) is 5.96 Å². The summed E-state index contributed by atoms with van der Waals surface area (Å²) in [5.41, 5.74) is 4.07. The summed E-state index contributed by atoms with van der Waals surface area (Å²) in [5, 5.41) is 7.76. The van der Waals surface area contributed by atoms with Crippen LogP contribution in [0.4, 0.5) is 5.69 Å². The fourth-order valence-electron chi connectivity index (χ4n) is 3.09. The molecule has 1 aliphatic rings. The van der Waals surface area contributed by atoms with Gasteiger partial charge in [-0.3, -0.25) is 0 Å². The maximum Gasteiger partial charge on any atom is 0.191 e. The largest absolute Gasteiger partial charge is 0.374 e. The predicted molar refractivity (Wildman–Crippen MR) is 122 cm³/mol. The van der Waals surface area contributed by atoms with Crippen LogP contribution in [0.3, 0.4) is 0 Å². The fraction of sp³-hybridized carbons (Fsp3) is 0.474. The molecule has 2 N–H and O–H groups in total. The van der Waals surface area contributed by atoms with E-state index < -0.39 is 0 Å². The highest BCUT2D eigenvalue weighted by Crippen LogP contribution is 2.26. The van der Waals surface area contributed by atoms with Crippen LogP contribution in [0.5, 0.6) is 0 Å². The summed E-state index contributed by atoms with van der Waals surface area (Å²) in [6, 6.07) is 6.73. The summed E-state index contributed by atoms with van der Waals surface area (Å²) in [6.07, 6.45) is 4.31. The summed E-state index contributed by atoms with van der Waals surface area (Å²) < 4.78 is 0. The Bertz CT molecular complexity index is 743. The van der Waals surface area contributed by atoms with Gasteiger partial charge in [-0.05, 0) is 43.9 Å². The molecule has 0 unspecified atom stereocenters. The lowest BCUT2D eigenvalue weighted by Crippen LogP contribution is -2.36. The zero-order valence-corrected chi connectivity index (χ0v) is 18.9. The monoisotopic (exact) mass is 485 g/mol. The third-order valence-corrected chi connectivity index (χ3v) is 5.25. The molecule has 0 aliphatic carbocycles. The number of halogens is 1. The fourth-order valence-corrected chi connectivity index (χ4v) is 3.82. The van der Waals surface area contributed by atoms with E-state index in [-0.39, 0.29) is 24.0 Å². The number of aromatic nitrogens is 1. The van der Waals surface area contributed by atoms with E-state index in [1.807, 2.05) is 6.20 Å². The normalized spacial score (nSPS) is 13.8. The molecule has 142 valence electrons. The molecular weight excluding hydrogens is 457 g/mol. The first kappa shape index (κ1) is 21.0. The van der Waals surface area contributed by atoms with Gasteiger partial charge in [0, 0.05) is 36.9 Å². The van der Waals surface area contributed by atoms with E-state index in [0.717, 1.165) is 24.1 Å². The minimum Gasteiger partial charge on any atom is -0.374 e. The number of hydrogen-bond donors (Lipinski definition) is 2. The van der Waals surface area contributed by atoms with Crippen LogP contribution in [0.25, 0.3) is 0 Å². The Morgan fingerprint density at radius 2 is 2.19 bits per heavy atom. The Balaban J connectivity index is 0.00000243. The second-order valence-corrected chi connectivity index (χ2v) is 7.72. The van der Waals surface area contributed by atoms with Gasteiger partial charge in [-0.25, -0.2) is 9.98 Å². The van der Waals surface area contributed by atoms with Crippen LogP contribution >= 0.6 is 35.3 Å². The van der Waals surface area contributed by atoms with Crippen molar-refractivity contribution in [1.29, 1.82) is 0 Å². The molecule has 0 atom stereocenters. The lowest BCUT2D eigenvalue weighted by Gasteiger charge is -2.27. The first-order chi connectivity index (χ1) is 12.2. The number of guanidine groups is 1. The van der Waals surface area contributed by atoms with E-state index in [9.17, 15) is 0 Å². The van der Waals surface area contributed by atoms with Gasteiger partial charge in [0.1, 0.15) is 5.01 Å². The lowest BCUT2D eigenvalue weighted by molar-refractivity contribution is 0.742. The van der Waals surface area contributed by atoms with Crippen molar-refractivity contribution in [2.24, 2.45) is 4.99 Å². The SMILES string of the molecule is CCNC(=NCc1ccc2c(c1)CCCN2C)NCc1ncc(C)s1.I. The third kappa shape index (κ3) is 5.57. The number of fused-ring (bicyclic) bond motifs is 1. The van der Waals surface area contributed by atoms with Crippen LogP contribution in [-0.4, -0.2) is 31.1 Å². The topological polar surface area (TPSA) is 52.6 Å². The number of anilines is 1. The second-order valence-electron chi connectivity index (χ2n) is 6.40. The van der Waals surface area contributed by atoms with Gasteiger partial charge in [0.2, 0.25) is 0 Å². The molecule has 0 saturated carbocycles. The van der Waals surface area contributed by atoms with Gasteiger partial charge in [0.25, 0.3) is 0 Å². The molecule has 1 aliphatic heterocycles. The van der Waals surface area contributed by atoms with Gasteiger partial charge >= 0.3 is 0 Å². The molecule has 26 heavy (non-hydrogen) atoms. The zero-order chi connectivity index (χ0) is 17.6. The first-order valence-electron chi connectivity index (χ1n) is 8.92. The molecule has 3 rings (SSSR count). The maximum absolute atomic E-state index is 4.73. The average molecular weight is 485 g/mol. The molecule has 5 nitrogen and oxygen atoms in total. The van der Waals surface area contributed by atoms with Gasteiger partial charge in [-0.15, -0.1) is 35.3 Å². The minimum absolute atomic E-state index is 0. The van der Waals surface area contributed by atoms with E-state index in [1.54, 1.807) is 11.3 Å². The van der Waals surface area contributed by atoms with Gasteiger partial charge < -0.3 is 15.5 Å². The lowest BCUT2D eigenvalue weighted by atomic mass is 10.00. The molecule has 0 bridgehead atoms. The number of hydrogen-bond acceptors (Lipinski definition) is 4. The highest BCUT2D eigenvalue weighted by molar-refractivity contribution is 14.0. The number of aliphatic imine (C=N–C) groups is 1. The smallest absolute Gasteiger partial charge is 0.191 e. The van der Waals surface area contributed by atoms with Crippen molar-refractivity contribution in [3.63, 3.8) is 0 Å². The number of nitrogens with one attached hydrogen (secondary N) is 2. The van der Waals surface area contributed by atoms with Crippen molar-refractivity contribution in [2.45, 2.75) is 39.8 Å². The number of nitrogens with zero attached hydrogens (tertiary/aromatic N) is 3. The summed E-state index contributed by atoms with van der Waals surface area (Å²) >= 11 is 1.72. The molecule has 1 aromatic heterocycles. The van der Waals surface area contributed by atoms with Crippen molar-refractivity contribution in [1.82, 2.24) is 15.6 Å². The summed E-state index contributed by atoms with van der Waals surface area (Å²) in [6.45, 7) is 7.54. The van der Waals surface area contributed by atoms with Crippen molar-refractivity contribution in [3.05, 3.63) is 45.4 Å². The number of thiazole rings is 1. The number of aryl methyl sites for hydroxylation is 2. The highest BCUT2D eigenvalue weighted by Gasteiger charge is 2.13. The van der Waals surface area contributed by atoms with Crippen LogP contribution < -0.4 is 15.5 Å². The standard InChI is InChI=1S/C19H27N5S.HI/c1-4-20-19(23-13-18-21-11-14(2)25-18)22-12-15-7-8-17-16(10-15)6-5-9-24(17)3;/h7-8,10-11H,4-6,9,12-13H2,1-3H3,(H2,20,22,23);1H. The summed E-state index contributed by atoms with van der Waals surface area (Å²) in [4.78, 5) is 12.7. The second kappa shape index (κ2) is 10.1. The van der Waals surface area contributed by atoms with Gasteiger partial charge in [-0.2, -0.15) is 0 Å². The number of benzene rings is 1. The first-order valence-corrected chi connectivity index (χ1v) is 9.74. The predicted octanol–water partition coefficient (Wildman–Crippen LogP) is 3.71. The Labute approximate surface area is 177 Å². The van der Waals surface area contributed by atoms with E-state index in [4.69, 9.17) is 4.99 Å². The molecular formula is C19H28IN5S.